The largest absolute Gasteiger partial charge is 0.476 e. The van der Waals surface area contributed by atoms with Crippen LogP contribution < -0.4 is 4.90 Å². The second kappa shape index (κ2) is 6.63. The maximum atomic E-state index is 11.7. The molecule has 26 heavy (non-hydrogen) atoms. The Balaban J connectivity index is 1.64. The van der Waals surface area contributed by atoms with Crippen LogP contribution in [0.2, 0.25) is 0 Å². The minimum atomic E-state index is -1.05. The van der Waals surface area contributed by atoms with Gasteiger partial charge in [0.1, 0.15) is 0 Å². The zero-order valence-electron chi connectivity index (χ0n) is 14.5. The van der Waals surface area contributed by atoms with Gasteiger partial charge in [-0.15, -0.1) is 15.0 Å². The average molecular weight is 348 g/mol. The molecule has 0 unspecified atom stereocenters. The number of aromatic nitrogens is 3. The first-order chi connectivity index (χ1) is 12.6. The Kier molecular flexibility index (Phi) is 4.16. The topological polar surface area (TPSA) is 71.2 Å². The van der Waals surface area contributed by atoms with Gasteiger partial charge in [0, 0.05) is 19.0 Å². The van der Waals surface area contributed by atoms with E-state index in [9.17, 15) is 9.90 Å². The molecule has 0 spiro atoms. The van der Waals surface area contributed by atoms with Crippen LogP contribution in [0.15, 0.2) is 54.6 Å². The molecular formula is C20H20N4O2. The second-order valence-corrected chi connectivity index (χ2v) is 6.64. The van der Waals surface area contributed by atoms with Gasteiger partial charge in [-0.25, -0.2) is 4.79 Å². The van der Waals surface area contributed by atoms with Gasteiger partial charge in [-0.2, -0.15) is 0 Å². The van der Waals surface area contributed by atoms with Gasteiger partial charge in [-0.05, 0) is 31.0 Å². The number of anilines is 1. The number of aryl methyl sites for hydroxylation is 1. The highest BCUT2D eigenvalue weighted by Gasteiger charge is 2.30. The molecule has 0 amide bonds. The van der Waals surface area contributed by atoms with Crippen LogP contribution in [0, 0.1) is 6.92 Å². The van der Waals surface area contributed by atoms with E-state index >= 15 is 0 Å². The van der Waals surface area contributed by atoms with E-state index in [1.165, 1.54) is 10.4 Å². The summed E-state index contributed by atoms with van der Waals surface area (Å²) in [6, 6.07) is 18.0. The van der Waals surface area contributed by atoms with E-state index in [-0.39, 0.29) is 5.69 Å². The second-order valence-electron chi connectivity index (χ2n) is 6.64. The summed E-state index contributed by atoms with van der Waals surface area (Å²) in [5, 5.41) is 18.3. The molecule has 1 aromatic heterocycles. The van der Waals surface area contributed by atoms with Gasteiger partial charge in [0.15, 0.2) is 5.82 Å². The Labute approximate surface area is 151 Å². The van der Waals surface area contributed by atoms with Crippen molar-refractivity contribution in [1.29, 1.82) is 0 Å². The van der Waals surface area contributed by atoms with Gasteiger partial charge in [0.25, 0.3) is 0 Å². The molecule has 6 nitrogen and oxygen atoms in total. The summed E-state index contributed by atoms with van der Waals surface area (Å²) in [5.74, 6) is -0.236. The fourth-order valence-electron chi connectivity index (χ4n) is 3.39. The third-order valence-corrected chi connectivity index (χ3v) is 4.82. The fourth-order valence-corrected chi connectivity index (χ4v) is 3.39. The molecule has 0 saturated carbocycles. The van der Waals surface area contributed by atoms with Crippen molar-refractivity contribution in [3.8, 4) is 5.69 Å². The highest BCUT2D eigenvalue weighted by molar-refractivity contribution is 5.91. The Morgan fingerprint density at radius 3 is 2.50 bits per heavy atom. The molecule has 1 aliphatic heterocycles. The summed E-state index contributed by atoms with van der Waals surface area (Å²) in [6.45, 7) is 3.52. The molecule has 132 valence electrons. The van der Waals surface area contributed by atoms with Gasteiger partial charge in [-0.3, -0.25) is 0 Å². The smallest absolute Gasteiger partial charge is 0.360 e. The van der Waals surface area contributed by atoms with Crippen LogP contribution in [0.3, 0.4) is 0 Å². The van der Waals surface area contributed by atoms with E-state index < -0.39 is 5.97 Å². The molecule has 2 aromatic carbocycles. The molecule has 3 aromatic rings. The van der Waals surface area contributed by atoms with Gasteiger partial charge in [-0.1, -0.05) is 48.0 Å². The zero-order chi connectivity index (χ0) is 18.1. The predicted octanol–water partition coefficient (Wildman–Crippen LogP) is 3.27. The molecule has 1 aliphatic rings. The number of aromatic carboxylic acids is 1. The Hall–Kier alpha value is -3.15. The third-order valence-electron chi connectivity index (χ3n) is 4.82. The maximum Gasteiger partial charge on any atom is 0.360 e. The van der Waals surface area contributed by atoms with E-state index in [0.29, 0.717) is 11.7 Å². The monoisotopic (exact) mass is 348 g/mol. The van der Waals surface area contributed by atoms with Crippen molar-refractivity contribution >= 4 is 11.8 Å². The molecule has 1 atom stereocenters. The normalized spacial score (nSPS) is 16.8. The quantitative estimate of drug-likeness (QED) is 0.783. The highest BCUT2D eigenvalue weighted by atomic mass is 16.4. The third kappa shape index (κ3) is 3.06. The van der Waals surface area contributed by atoms with Crippen molar-refractivity contribution in [2.45, 2.75) is 19.3 Å². The van der Waals surface area contributed by atoms with Crippen LogP contribution in [-0.2, 0) is 0 Å². The summed E-state index contributed by atoms with van der Waals surface area (Å²) in [5.41, 5.74) is 3.16. The fraction of sp³-hybridized carbons (Fsp3) is 0.250. The van der Waals surface area contributed by atoms with E-state index in [1.807, 2.05) is 54.3 Å². The van der Waals surface area contributed by atoms with Crippen LogP contribution in [0.5, 0.6) is 0 Å². The van der Waals surface area contributed by atoms with Crippen LogP contribution in [0.25, 0.3) is 5.69 Å². The van der Waals surface area contributed by atoms with Crippen molar-refractivity contribution in [2.24, 2.45) is 0 Å². The molecule has 1 fully saturated rings. The molecule has 0 radical (unpaired) electrons. The van der Waals surface area contributed by atoms with Crippen molar-refractivity contribution in [2.75, 3.05) is 18.0 Å². The van der Waals surface area contributed by atoms with E-state index in [4.69, 9.17) is 0 Å². The van der Waals surface area contributed by atoms with Gasteiger partial charge >= 0.3 is 5.97 Å². The van der Waals surface area contributed by atoms with E-state index in [0.717, 1.165) is 30.8 Å². The van der Waals surface area contributed by atoms with E-state index in [2.05, 4.69) is 22.3 Å². The van der Waals surface area contributed by atoms with Gasteiger partial charge in [0.05, 0.1) is 5.69 Å². The number of rotatable bonds is 4. The average Bonchev–Trinajstić information content (AvgIpc) is 3.30. The lowest BCUT2D eigenvalue weighted by Gasteiger charge is -2.16. The summed E-state index contributed by atoms with van der Waals surface area (Å²) < 4.78 is 0. The van der Waals surface area contributed by atoms with Crippen LogP contribution in [-0.4, -0.2) is 39.2 Å². The molecule has 1 saturated heterocycles. The molecular weight excluding hydrogens is 328 g/mol. The number of benzene rings is 2. The first-order valence-electron chi connectivity index (χ1n) is 8.69. The van der Waals surface area contributed by atoms with Crippen LogP contribution >= 0.6 is 0 Å². The number of hydrogen-bond donors (Lipinski definition) is 1. The number of nitrogens with zero attached hydrogens (tertiary/aromatic N) is 4. The molecule has 6 heteroatoms. The molecule has 4 rings (SSSR count). The van der Waals surface area contributed by atoms with Crippen molar-refractivity contribution < 1.29 is 9.90 Å². The zero-order valence-corrected chi connectivity index (χ0v) is 14.5. The summed E-state index contributed by atoms with van der Waals surface area (Å²) in [4.78, 5) is 15.1. The van der Waals surface area contributed by atoms with Gasteiger partial charge in [0.2, 0.25) is 5.69 Å². The summed E-state index contributed by atoms with van der Waals surface area (Å²) in [6.07, 6.45) is 0.973. The first-order valence-corrected chi connectivity index (χ1v) is 8.69. The van der Waals surface area contributed by atoms with Crippen LogP contribution in [0.1, 0.15) is 34.0 Å². The van der Waals surface area contributed by atoms with E-state index in [1.54, 1.807) is 0 Å². The standard InChI is InChI=1S/C20H20N4O2/c1-14-7-9-17(10-8-14)24-21-18(20(25)26)19(22-24)23-12-11-16(13-23)15-5-3-2-4-6-15/h2-10,16H,11-13H2,1H3,(H,25,26)/t16-/m0/s1. The number of carboxylic acid groups (broad SMARTS) is 1. The number of hydrogen-bond acceptors (Lipinski definition) is 4. The maximum absolute atomic E-state index is 11.7. The molecule has 1 N–H and O–H groups in total. The van der Waals surface area contributed by atoms with Crippen molar-refractivity contribution in [1.82, 2.24) is 15.0 Å². The predicted molar refractivity (Wildman–Crippen MR) is 99.1 cm³/mol. The summed E-state index contributed by atoms with van der Waals surface area (Å²) >= 11 is 0. The minimum absolute atomic E-state index is 0.000660. The SMILES string of the molecule is Cc1ccc(-n2nc(C(=O)O)c(N3CC[C@H](c4ccccc4)C3)n2)cc1. The lowest BCUT2D eigenvalue weighted by molar-refractivity contribution is 0.0690. The summed E-state index contributed by atoms with van der Waals surface area (Å²) in [7, 11) is 0. The number of carboxylic acids is 1. The molecule has 0 bridgehead atoms. The minimum Gasteiger partial charge on any atom is -0.476 e. The number of carbonyl (C=O) groups is 1. The molecule has 2 heterocycles. The Morgan fingerprint density at radius 2 is 1.81 bits per heavy atom. The molecule has 0 aliphatic carbocycles. The van der Waals surface area contributed by atoms with Crippen LogP contribution in [0.4, 0.5) is 5.82 Å². The Bertz CT molecular complexity index is 919. The highest BCUT2D eigenvalue weighted by Crippen LogP contribution is 2.31. The van der Waals surface area contributed by atoms with Crippen molar-refractivity contribution in [3.63, 3.8) is 0 Å². The van der Waals surface area contributed by atoms with Crippen molar-refractivity contribution in [3.05, 3.63) is 71.4 Å². The Morgan fingerprint density at radius 1 is 1.08 bits per heavy atom. The lowest BCUT2D eigenvalue weighted by Crippen LogP contribution is -2.22. The lowest BCUT2D eigenvalue weighted by atomic mass is 9.99. The first kappa shape index (κ1) is 16.3. The van der Waals surface area contributed by atoms with Gasteiger partial charge < -0.3 is 10.0 Å².